The minimum Gasteiger partial charge on any atom is -0.385 e. The van der Waals surface area contributed by atoms with Crippen molar-refractivity contribution in [3.63, 3.8) is 0 Å². The first-order chi connectivity index (χ1) is 8.31. The Kier molecular flexibility index (Phi) is 2.75. The summed E-state index contributed by atoms with van der Waals surface area (Å²) in [6.07, 6.45) is 4.80. The molecule has 0 heterocycles. The molecule has 2 saturated carbocycles. The summed E-state index contributed by atoms with van der Waals surface area (Å²) in [4.78, 5) is 11.6. The van der Waals surface area contributed by atoms with Crippen LogP contribution in [0.3, 0.4) is 0 Å². The Morgan fingerprint density at radius 1 is 1.18 bits per heavy atom. The highest BCUT2D eigenvalue weighted by Gasteiger charge is 2.29. The number of carbonyl (C=O) groups excluding carboxylic acids is 1. The van der Waals surface area contributed by atoms with Crippen molar-refractivity contribution < 1.29 is 4.79 Å². The summed E-state index contributed by atoms with van der Waals surface area (Å²) in [5.41, 5.74) is 2.01. The van der Waals surface area contributed by atoms with Crippen LogP contribution >= 0.6 is 0 Å². The van der Waals surface area contributed by atoms with Crippen LogP contribution in [0, 0.1) is 11.8 Å². The van der Waals surface area contributed by atoms with Crippen molar-refractivity contribution in [2.24, 2.45) is 11.8 Å². The van der Waals surface area contributed by atoms with E-state index in [0.29, 0.717) is 0 Å². The Balaban J connectivity index is 1.58. The molecule has 90 valence electrons. The summed E-state index contributed by atoms with van der Waals surface area (Å²) < 4.78 is 0. The standard InChI is InChI=1S/C14H18N2O/c17-14(11-6-7-11)16-13-3-1-2-12(8-13)15-9-10-4-5-10/h1-3,8,10-11,15H,4-7,9H2,(H,16,17). The second-order valence-corrected chi connectivity index (χ2v) is 5.17. The molecule has 2 fully saturated rings. The first-order valence-electron chi connectivity index (χ1n) is 6.46. The number of nitrogens with one attached hydrogen (secondary N) is 2. The lowest BCUT2D eigenvalue weighted by molar-refractivity contribution is -0.117. The monoisotopic (exact) mass is 230 g/mol. The maximum absolute atomic E-state index is 11.6. The van der Waals surface area contributed by atoms with Crippen LogP contribution < -0.4 is 10.6 Å². The van der Waals surface area contributed by atoms with Crippen LogP contribution in [0.5, 0.6) is 0 Å². The zero-order valence-electron chi connectivity index (χ0n) is 9.91. The number of rotatable bonds is 5. The van der Waals surface area contributed by atoms with Crippen molar-refractivity contribution in [2.75, 3.05) is 17.2 Å². The van der Waals surface area contributed by atoms with Crippen LogP contribution in [0.4, 0.5) is 11.4 Å². The van der Waals surface area contributed by atoms with Crippen LogP contribution in [-0.4, -0.2) is 12.5 Å². The van der Waals surface area contributed by atoms with E-state index in [-0.39, 0.29) is 11.8 Å². The molecule has 0 aromatic heterocycles. The number of amides is 1. The van der Waals surface area contributed by atoms with Crippen LogP contribution in [-0.2, 0) is 4.79 Å². The van der Waals surface area contributed by atoms with Gasteiger partial charge in [0.15, 0.2) is 0 Å². The molecule has 0 aliphatic heterocycles. The molecule has 0 unspecified atom stereocenters. The molecule has 1 aromatic rings. The molecule has 17 heavy (non-hydrogen) atoms. The number of hydrogen-bond donors (Lipinski definition) is 2. The van der Waals surface area contributed by atoms with Gasteiger partial charge in [0.05, 0.1) is 0 Å². The van der Waals surface area contributed by atoms with Gasteiger partial charge in [0, 0.05) is 23.8 Å². The number of carbonyl (C=O) groups is 1. The Bertz CT molecular complexity index is 422. The van der Waals surface area contributed by atoms with Gasteiger partial charge in [0.25, 0.3) is 0 Å². The lowest BCUT2D eigenvalue weighted by atomic mass is 10.2. The summed E-state index contributed by atoms with van der Waals surface area (Å²) in [5.74, 6) is 1.29. The second kappa shape index (κ2) is 4.40. The first kappa shape index (κ1) is 10.6. The third kappa shape index (κ3) is 2.99. The smallest absolute Gasteiger partial charge is 0.227 e. The minimum absolute atomic E-state index is 0.171. The molecule has 3 heteroatoms. The lowest BCUT2D eigenvalue weighted by Gasteiger charge is -2.08. The van der Waals surface area contributed by atoms with Crippen LogP contribution in [0.2, 0.25) is 0 Å². The van der Waals surface area contributed by atoms with E-state index >= 15 is 0 Å². The van der Waals surface area contributed by atoms with E-state index in [0.717, 1.165) is 36.7 Å². The van der Waals surface area contributed by atoms with E-state index in [4.69, 9.17) is 0 Å². The average Bonchev–Trinajstić information content (AvgIpc) is 3.17. The molecular weight excluding hydrogens is 212 g/mol. The zero-order chi connectivity index (χ0) is 11.7. The summed E-state index contributed by atoms with van der Waals surface area (Å²) in [7, 11) is 0. The molecular formula is C14H18N2O. The average molecular weight is 230 g/mol. The molecule has 0 saturated heterocycles. The Morgan fingerprint density at radius 2 is 1.94 bits per heavy atom. The summed E-state index contributed by atoms with van der Waals surface area (Å²) in [6, 6.07) is 8.00. The van der Waals surface area contributed by atoms with Crippen LogP contribution in [0.15, 0.2) is 24.3 Å². The molecule has 1 amide bonds. The Labute approximate surface area is 102 Å². The fourth-order valence-electron chi connectivity index (χ4n) is 1.88. The minimum atomic E-state index is 0.171. The molecule has 2 aliphatic carbocycles. The molecule has 1 aromatic carbocycles. The largest absolute Gasteiger partial charge is 0.385 e. The van der Waals surface area contributed by atoms with E-state index in [9.17, 15) is 4.79 Å². The summed E-state index contributed by atoms with van der Waals surface area (Å²) >= 11 is 0. The van der Waals surface area contributed by atoms with Gasteiger partial charge in [-0.25, -0.2) is 0 Å². The predicted molar refractivity (Wildman–Crippen MR) is 69.0 cm³/mol. The molecule has 0 bridgehead atoms. The highest BCUT2D eigenvalue weighted by Crippen LogP contribution is 2.31. The van der Waals surface area contributed by atoms with Crippen LogP contribution in [0.1, 0.15) is 25.7 Å². The van der Waals surface area contributed by atoms with Crippen molar-refractivity contribution in [3.8, 4) is 0 Å². The third-order valence-electron chi connectivity index (χ3n) is 3.37. The van der Waals surface area contributed by atoms with Gasteiger partial charge in [0.1, 0.15) is 0 Å². The number of hydrogen-bond acceptors (Lipinski definition) is 2. The second-order valence-electron chi connectivity index (χ2n) is 5.17. The van der Waals surface area contributed by atoms with Crippen molar-refractivity contribution in [1.82, 2.24) is 0 Å². The Hall–Kier alpha value is -1.51. The molecule has 0 atom stereocenters. The maximum atomic E-state index is 11.6. The SMILES string of the molecule is O=C(Nc1cccc(NCC2CC2)c1)C1CC1. The van der Waals surface area contributed by atoms with Gasteiger partial charge in [-0.15, -0.1) is 0 Å². The van der Waals surface area contributed by atoms with E-state index in [2.05, 4.69) is 16.7 Å². The van der Waals surface area contributed by atoms with E-state index < -0.39 is 0 Å². The van der Waals surface area contributed by atoms with Gasteiger partial charge in [-0.2, -0.15) is 0 Å². The van der Waals surface area contributed by atoms with Gasteiger partial charge < -0.3 is 10.6 Å². The Morgan fingerprint density at radius 3 is 2.65 bits per heavy atom. The molecule has 3 rings (SSSR count). The highest BCUT2D eigenvalue weighted by molar-refractivity contribution is 5.94. The third-order valence-corrected chi connectivity index (χ3v) is 3.37. The van der Waals surface area contributed by atoms with E-state index in [1.54, 1.807) is 0 Å². The van der Waals surface area contributed by atoms with Gasteiger partial charge in [-0.3, -0.25) is 4.79 Å². The molecule has 2 N–H and O–H groups in total. The van der Waals surface area contributed by atoms with E-state index in [1.807, 2.05) is 18.2 Å². The van der Waals surface area contributed by atoms with Crippen molar-refractivity contribution in [2.45, 2.75) is 25.7 Å². The van der Waals surface area contributed by atoms with Crippen molar-refractivity contribution in [1.29, 1.82) is 0 Å². The lowest BCUT2D eigenvalue weighted by Crippen LogP contribution is -2.13. The predicted octanol–water partition coefficient (Wildman–Crippen LogP) is 2.86. The molecule has 0 radical (unpaired) electrons. The molecule has 3 nitrogen and oxygen atoms in total. The first-order valence-corrected chi connectivity index (χ1v) is 6.46. The number of benzene rings is 1. The fourth-order valence-corrected chi connectivity index (χ4v) is 1.88. The molecule has 2 aliphatic rings. The maximum Gasteiger partial charge on any atom is 0.227 e. The van der Waals surface area contributed by atoms with E-state index in [1.165, 1.54) is 12.8 Å². The fraction of sp³-hybridized carbons (Fsp3) is 0.500. The summed E-state index contributed by atoms with van der Waals surface area (Å²) in [5, 5.41) is 6.38. The quantitative estimate of drug-likeness (QED) is 0.816. The summed E-state index contributed by atoms with van der Waals surface area (Å²) in [6.45, 7) is 1.06. The van der Waals surface area contributed by atoms with Gasteiger partial charge >= 0.3 is 0 Å². The van der Waals surface area contributed by atoms with Gasteiger partial charge in [-0.1, -0.05) is 6.07 Å². The van der Waals surface area contributed by atoms with Crippen molar-refractivity contribution >= 4 is 17.3 Å². The zero-order valence-corrected chi connectivity index (χ0v) is 9.91. The van der Waals surface area contributed by atoms with Gasteiger partial charge in [-0.05, 0) is 49.8 Å². The van der Waals surface area contributed by atoms with Crippen molar-refractivity contribution in [3.05, 3.63) is 24.3 Å². The highest BCUT2D eigenvalue weighted by atomic mass is 16.2. The molecule has 0 spiro atoms. The van der Waals surface area contributed by atoms with Gasteiger partial charge in [0.2, 0.25) is 5.91 Å². The normalized spacial score (nSPS) is 18.8. The topological polar surface area (TPSA) is 41.1 Å². The van der Waals surface area contributed by atoms with Crippen LogP contribution in [0.25, 0.3) is 0 Å². The number of anilines is 2.